The summed E-state index contributed by atoms with van der Waals surface area (Å²) in [6.45, 7) is 5.12. The van der Waals surface area contributed by atoms with Gasteiger partial charge in [0.2, 0.25) is 0 Å². The van der Waals surface area contributed by atoms with Crippen molar-refractivity contribution < 1.29 is 9.90 Å². The third-order valence-electron chi connectivity index (χ3n) is 3.75. The lowest BCUT2D eigenvalue weighted by molar-refractivity contribution is 0.0696. The highest BCUT2D eigenvalue weighted by Gasteiger charge is 2.18. The number of hydrogen-bond donors (Lipinski definition) is 2. The van der Waals surface area contributed by atoms with Gasteiger partial charge in [0.1, 0.15) is 0 Å². The van der Waals surface area contributed by atoms with E-state index in [-0.39, 0.29) is 5.56 Å². The van der Waals surface area contributed by atoms with Crippen molar-refractivity contribution in [3.05, 3.63) is 36.0 Å². The van der Waals surface area contributed by atoms with Crippen LogP contribution in [0, 0.1) is 0 Å². The number of carboxylic acid groups (broad SMARTS) is 1. The predicted octanol–water partition coefficient (Wildman–Crippen LogP) is 1.73. The Morgan fingerprint density at radius 1 is 1.45 bits per heavy atom. The van der Waals surface area contributed by atoms with E-state index in [4.69, 9.17) is 5.11 Å². The second-order valence-electron chi connectivity index (χ2n) is 5.15. The number of aromatic nitrogens is 1. The molecule has 0 aliphatic carbocycles. The molecule has 0 bridgehead atoms. The summed E-state index contributed by atoms with van der Waals surface area (Å²) in [7, 11) is 0. The fourth-order valence-electron chi connectivity index (χ4n) is 2.63. The van der Waals surface area contributed by atoms with Gasteiger partial charge < -0.3 is 15.3 Å². The zero-order valence-corrected chi connectivity index (χ0v) is 11.3. The second-order valence-corrected chi connectivity index (χ2v) is 5.15. The van der Waals surface area contributed by atoms with Gasteiger partial charge in [0.05, 0.1) is 11.1 Å². The third kappa shape index (κ3) is 2.32. The molecule has 1 aliphatic rings. The van der Waals surface area contributed by atoms with Crippen LogP contribution in [0.5, 0.6) is 0 Å². The lowest BCUT2D eigenvalue weighted by Gasteiger charge is -2.36. The Morgan fingerprint density at radius 3 is 3.05 bits per heavy atom. The first kappa shape index (κ1) is 12.9. The van der Waals surface area contributed by atoms with Gasteiger partial charge in [-0.2, -0.15) is 0 Å². The van der Waals surface area contributed by atoms with E-state index in [1.807, 2.05) is 18.2 Å². The molecule has 0 amide bonds. The van der Waals surface area contributed by atoms with E-state index >= 15 is 0 Å². The standard InChI is InChI=1S/C15H17N3O2/c1-10-8-16-4-5-18(10)13-3-2-11-6-12(15(19)20)9-17-14(11)7-13/h2-3,6-7,9-10,16H,4-5,8H2,1H3,(H,19,20). The van der Waals surface area contributed by atoms with Crippen LogP contribution in [0.3, 0.4) is 0 Å². The fraction of sp³-hybridized carbons (Fsp3) is 0.333. The molecule has 1 saturated heterocycles. The molecule has 0 saturated carbocycles. The Kier molecular flexibility index (Phi) is 3.28. The molecule has 20 heavy (non-hydrogen) atoms. The Labute approximate surface area is 117 Å². The molecule has 104 valence electrons. The molecule has 2 aromatic rings. The number of anilines is 1. The quantitative estimate of drug-likeness (QED) is 0.871. The highest BCUT2D eigenvalue weighted by molar-refractivity contribution is 5.93. The number of carboxylic acids is 1. The molecule has 1 aromatic carbocycles. The maximum atomic E-state index is 10.9. The van der Waals surface area contributed by atoms with Crippen molar-refractivity contribution >= 4 is 22.6 Å². The highest BCUT2D eigenvalue weighted by Crippen LogP contribution is 2.23. The van der Waals surface area contributed by atoms with Crippen molar-refractivity contribution in [3.63, 3.8) is 0 Å². The van der Waals surface area contributed by atoms with E-state index in [1.165, 1.54) is 6.20 Å². The summed E-state index contributed by atoms with van der Waals surface area (Å²) in [6.07, 6.45) is 1.41. The first-order chi connectivity index (χ1) is 9.65. The largest absolute Gasteiger partial charge is 0.478 e. The van der Waals surface area contributed by atoms with Crippen molar-refractivity contribution in [2.45, 2.75) is 13.0 Å². The van der Waals surface area contributed by atoms with E-state index in [1.54, 1.807) is 6.07 Å². The first-order valence-corrected chi connectivity index (χ1v) is 6.75. The number of fused-ring (bicyclic) bond motifs is 1. The van der Waals surface area contributed by atoms with E-state index in [0.29, 0.717) is 6.04 Å². The van der Waals surface area contributed by atoms with E-state index in [9.17, 15) is 4.79 Å². The molecule has 0 radical (unpaired) electrons. The van der Waals surface area contributed by atoms with Gasteiger partial charge in [0.25, 0.3) is 0 Å². The number of nitrogens with zero attached hydrogens (tertiary/aromatic N) is 2. The normalized spacial score (nSPS) is 19.2. The molecule has 1 aromatic heterocycles. The number of hydrogen-bond acceptors (Lipinski definition) is 4. The van der Waals surface area contributed by atoms with Gasteiger partial charge in [-0.3, -0.25) is 4.98 Å². The minimum absolute atomic E-state index is 0.223. The lowest BCUT2D eigenvalue weighted by atomic mass is 10.1. The van der Waals surface area contributed by atoms with Crippen LogP contribution in [-0.2, 0) is 0 Å². The van der Waals surface area contributed by atoms with E-state index in [0.717, 1.165) is 36.2 Å². The third-order valence-corrected chi connectivity index (χ3v) is 3.75. The van der Waals surface area contributed by atoms with Crippen molar-refractivity contribution in [2.75, 3.05) is 24.5 Å². The molecule has 1 aliphatic heterocycles. The number of rotatable bonds is 2. The maximum absolute atomic E-state index is 10.9. The summed E-state index contributed by atoms with van der Waals surface area (Å²) in [4.78, 5) is 17.6. The summed E-state index contributed by atoms with van der Waals surface area (Å²) in [5, 5.41) is 13.2. The topological polar surface area (TPSA) is 65.5 Å². The van der Waals surface area contributed by atoms with Crippen LogP contribution in [0.15, 0.2) is 30.5 Å². The average Bonchev–Trinajstić information content (AvgIpc) is 2.46. The highest BCUT2D eigenvalue weighted by atomic mass is 16.4. The Bertz CT molecular complexity index is 657. The molecule has 0 spiro atoms. The fourth-order valence-corrected chi connectivity index (χ4v) is 2.63. The van der Waals surface area contributed by atoms with Crippen LogP contribution in [0.2, 0.25) is 0 Å². The van der Waals surface area contributed by atoms with Crippen LogP contribution < -0.4 is 10.2 Å². The van der Waals surface area contributed by atoms with Gasteiger partial charge in [-0.05, 0) is 25.1 Å². The number of benzene rings is 1. The Hall–Kier alpha value is -2.14. The molecular weight excluding hydrogens is 254 g/mol. The zero-order valence-electron chi connectivity index (χ0n) is 11.3. The number of pyridine rings is 1. The van der Waals surface area contributed by atoms with Gasteiger partial charge >= 0.3 is 5.97 Å². The monoisotopic (exact) mass is 271 g/mol. The van der Waals surface area contributed by atoms with Crippen LogP contribution >= 0.6 is 0 Å². The van der Waals surface area contributed by atoms with E-state index < -0.39 is 5.97 Å². The Balaban J connectivity index is 1.98. The summed E-state index contributed by atoms with van der Waals surface area (Å²) in [5.74, 6) is -0.945. The molecule has 1 unspecified atom stereocenters. The molecule has 1 fully saturated rings. The zero-order chi connectivity index (χ0) is 14.1. The summed E-state index contributed by atoms with van der Waals surface area (Å²) >= 11 is 0. The summed E-state index contributed by atoms with van der Waals surface area (Å²) in [5.41, 5.74) is 2.20. The number of nitrogens with one attached hydrogen (secondary N) is 1. The molecule has 5 heteroatoms. The predicted molar refractivity (Wildman–Crippen MR) is 78.4 cm³/mol. The first-order valence-electron chi connectivity index (χ1n) is 6.75. The Morgan fingerprint density at radius 2 is 2.30 bits per heavy atom. The smallest absolute Gasteiger partial charge is 0.337 e. The number of aromatic carboxylic acids is 1. The van der Waals surface area contributed by atoms with Crippen molar-refractivity contribution in [2.24, 2.45) is 0 Å². The van der Waals surface area contributed by atoms with Crippen LogP contribution in [0.25, 0.3) is 10.9 Å². The number of piperazine rings is 1. The lowest BCUT2D eigenvalue weighted by Crippen LogP contribution is -2.49. The molecule has 1 atom stereocenters. The van der Waals surface area contributed by atoms with Gasteiger partial charge in [-0.25, -0.2) is 4.79 Å². The maximum Gasteiger partial charge on any atom is 0.337 e. The number of carbonyl (C=O) groups is 1. The van der Waals surface area contributed by atoms with Crippen LogP contribution in [0.4, 0.5) is 5.69 Å². The van der Waals surface area contributed by atoms with E-state index in [2.05, 4.69) is 22.1 Å². The van der Waals surface area contributed by atoms with Gasteiger partial charge in [0.15, 0.2) is 0 Å². The second kappa shape index (κ2) is 5.09. The molecular formula is C15H17N3O2. The van der Waals surface area contributed by atoms with Crippen LogP contribution in [0.1, 0.15) is 17.3 Å². The van der Waals surface area contributed by atoms with Crippen LogP contribution in [-0.4, -0.2) is 41.7 Å². The molecule has 2 N–H and O–H groups in total. The average molecular weight is 271 g/mol. The summed E-state index contributed by atoms with van der Waals surface area (Å²) < 4.78 is 0. The molecule has 3 rings (SSSR count). The minimum Gasteiger partial charge on any atom is -0.478 e. The minimum atomic E-state index is -0.945. The summed E-state index contributed by atoms with van der Waals surface area (Å²) in [6, 6.07) is 8.12. The molecule has 2 heterocycles. The van der Waals surface area contributed by atoms with Crippen molar-refractivity contribution in [3.8, 4) is 0 Å². The van der Waals surface area contributed by atoms with Gasteiger partial charge in [0, 0.05) is 42.9 Å². The molecule has 5 nitrogen and oxygen atoms in total. The van der Waals surface area contributed by atoms with Gasteiger partial charge in [-0.1, -0.05) is 6.07 Å². The SMILES string of the molecule is CC1CNCCN1c1ccc2cc(C(=O)O)cnc2c1. The van der Waals surface area contributed by atoms with Crippen molar-refractivity contribution in [1.82, 2.24) is 10.3 Å². The van der Waals surface area contributed by atoms with Crippen molar-refractivity contribution in [1.29, 1.82) is 0 Å². The van der Waals surface area contributed by atoms with Gasteiger partial charge in [-0.15, -0.1) is 0 Å².